The van der Waals surface area contributed by atoms with E-state index in [2.05, 4.69) is 4.12 Å². The van der Waals surface area contributed by atoms with Crippen LogP contribution in [0.2, 0.25) is 0 Å². The van der Waals surface area contributed by atoms with Crippen LogP contribution in [0.5, 0.6) is 0 Å². The lowest BCUT2D eigenvalue weighted by molar-refractivity contribution is 0.0406. The number of rotatable bonds is 2. The Kier molecular flexibility index (Phi) is 31.1. The van der Waals surface area contributed by atoms with Crippen LogP contribution in [-0.2, 0) is 4.12 Å². The van der Waals surface area contributed by atoms with Gasteiger partial charge in [-0.05, 0) is 0 Å². The van der Waals surface area contributed by atoms with Gasteiger partial charge in [0.25, 0.3) is 0 Å². The lowest BCUT2D eigenvalue weighted by Crippen LogP contribution is -2.53. The Morgan fingerprint density at radius 1 is 0.556 bits per heavy atom. The molecule has 0 fully saturated rings. The molecule has 0 atom stereocenters. The molecule has 0 bridgehead atoms. The monoisotopic (exact) mass is 474 g/mol. The zero-order valence-electron chi connectivity index (χ0n) is 8.48. The summed E-state index contributed by atoms with van der Waals surface area (Å²) in [6.45, 7) is 0. The first-order valence-electron chi connectivity index (χ1n) is 3.35. The van der Waals surface area contributed by atoms with E-state index in [1.165, 1.54) is 0 Å². The fourth-order valence-corrected chi connectivity index (χ4v) is 1.65. The van der Waals surface area contributed by atoms with E-state index in [-0.39, 0.29) is 0 Å². The predicted molar refractivity (Wildman–Crippen MR) is 86.7 cm³/mol. The Morgan fingerprint density at radius 3 is 0.667 bits per heavy atom. The van der Waals surface area contributed by atoms with Crippen molar-refractivity contribution in [3.63, 3.8) is 0 Å². The van der Waals surface area contributed by atoms with Gasteiger partial charge in [-0.2, -0.15) is 66.5 Å². The molecule has 18 heavy (non-hydrogen) atoms. The fraction of sp³-hybridized carbons (Fsp3) is 0. The second kappa shape index (κ2) is 19.5. The molecule has 6 N–H and O–H groups in total. The fourth-order valence-electron chi connectivity index (χ4n) is 0.184. The molecule has 0 spiro atoms. The van der Waals surface area contributed by atoms with Gasteiger partial charge in [0, 0.05) is 0 Å². The molecular weight excluding hydrogens is 465 g/mol. The van der Waals surface area contributed by atoms with Gasteiger partial charge in [0.2, 0.25) is 24.4 Å². The molecule has 18 heteroatoms. The first-order chi connectivity index (χ1) is 7.95. The van der Waals surface area contributed by atoms with Crippen LogP contribution >= 0.6 is 66.5 Å². The molecule has 7 nitrogen and oxygen atoms in total. The smallest absolute Gasteiger partial charge is 0.368 e. The van der Waals surface area contributed by atoms with Crippen molar-refractivity contribution in [2.75, 3.05) is 0 Å². The molecule has 0 saturated heterocycles. The first-order valence-corrected chi connectivity index (χ1v) is 19.7. The lowest BCUT2D eigenvalue weighted by Gasteiger charge is -2.13. The highest BCUT2D eigenvalue weighted by Gasteiger charge is 2.45. The standard InChI is InChI=1S/3Cl2H2Si.H6O7Si2/c3*1-3-2;1-8(2,3)7-9(4,5)6/h3*3H2;1-6H. The van der Waals surface area contributed by atoms with E-state index >= 15 is 0 Å². The molecule has 0 aliphatic rings. The largest absolute Gasteiger partial charge is 0.665 e. The second-order valence-electron chi connectivity index (χ2n) is 1.55. The van der Waals surface area contributed by atoms with E-state index in [0.29, 0.717) is 0 Å². The van der Waals surface area contributed by atoms with Gasteiger partial charge in [-0.1, -0.05) is 0 Å². The van der Waals surface area contributed by atoms with E-state index in [4.69, 9.17) is 95.2 Å². The third kappa shape index (κ3) is 78.2. The zero-order chi connectivity index (χ0) is 15.8. The van der Waals surface area contributed by atoms with Crippen molar-refractivity contribution in [2.24, 2.45) is 0 Å². The van der Waals surface area contributed by atoms with Gasteiger partial charge >= 0.3 is 18.1 Å². The number of halogens is 6. The SMILES string of the molecule is Cl[SiH2]Cl.Cl[SiH2]Cl.Cl[SiH2]Cl.O[Si](O)(O)O[Si](O)(O)O. The van der Waals surface area contributed by atoms with Gasteiger partial charge in [-0.15, -0.1) is 0 Å². The number of hydrogen-bond acceptors (Lipinski definition) is 7. The minimum atomic E-state index is -4.98. The summed E-state index contributed by atoms with van der Waals surface area (Å²) in [6, 6.07) is 0. The second-order valence-corrected chi connectivity index (χ2v) is 12.5. The van der Waals surface area contributed by atoms with Gasteiger partial charge in [-0.3, -0.25) is 0 Å². The van der Waals surface area contributed by atoms with Crippen molar-refractivity contribution in [2.45, 2.75) is 0 Å². The average Bonchev–Trinajstić information content (AvgIpc) is 2.00. The summed E-state index contributed by atoms with van der Waals surface area (Å²) in [5, 5.41) is 0. The summed E-state index contributed by atoms with van der Waals surface area (Å²) in [6.07, 6.45) is 0. The summed E-state index contributed by atoms with van der Waals surface area (Å²) >= 11 is 29.4. The maximum absolute atomic E-state index is 7.94. The maximum Gasteiger partial charge on any atom is 0.665 e. The molecule has 0 aromatic rings. The van der Waals surface area contributed by atoms with Crippen LogP contribution in [0.3, 0.4) is 0 Å². The molecular formula is H12Cl6O7Si5. The molecule has 0 amide bonds. The lowest BCUT2D eigenvalue weighted by atomic mass is 15.6. The molecule has 116 valence electrons. The summed E-state index contributed by atoms with van der Waals surface area (Å²) in [5.74, 6) is 0. The highest BCUT2D eigenvalue weighted by molar-refractivity contribution is 7.23. The van der Waals surface area contributed by atoms with Crippen molar-refractivity contribution in [3.8, 4) is 0 Å². The minimum absolute atomic E-state index is 0.639. The van der Waals surface area contributed by atoms with Crippen LogP contribution in [0.15, 0.2) is 0 Å². The molecule has 0 unspecified atom stereocenters. The van der Waals surface area contributed by atoms with Crippen LogP contribution in [0.1, 0.15) is 0 Å². The van der Waals surface area contributed by atoms with Crippen molar-refractivity contribution < 1.29 is 32.9 Å². The summed E-state index contributed by atoms with van der Waals surface area (Å²) in [5.41, 5.74) is 0. The quantitative estimate of drug-likeness (QED) is 0.188. The zero-order valence-corrected chi connectivity index (χ0v) is 19.3. The normalized spacial score (nSPS) is 10.0. The Bertz CT molecular complexity index is 121. The highest BCUT2D eigenvalue weighted by atomic mass is 35.7. The van der Waals surface area contributed by atoms with Gasteiger partial charge in [0.15, 0.2) is 0 Å². The van der Waals surface area contributed by atoms with Crippen molar-refractivity contribution in [3.05, 3.63) is 0 Å². The van der Waals surface area contributed by atoms with Crippen molar-refractivity contribution in [1.29, 1.82) is 0 Å². The Balaban J connectivity index is -0.0000000902. The molecule has 0 aliphatic heterocycles. The summed E-state index contributed by atoms with van der Waals surface area (Å²) in [4.78, 5) is 47.6. The molecule has 0 heterocycles. The van der Waals surface area contributed by atoms with E-state index in [0.717, 1.165) is 0 Å². The van der Waals surface area contributed by atoms with Crippen molar-refractivity contribution >= 4 is 109 Å². The molecule has 0 aromatic heterocycles. The molecule has 0 rings (SSSR count). The van der Waals surface area contributed by atoms with Crippen molar-refractivity contribution in [1.82, 2.24) is 0 Å². The molecule has 0 radical (unpaired) electrons. The summed E-state index contributed by atoms with van der Waals surface area (Å²) in [7, 11) is -11.9. The number of hydrogen-bond donors (Lipinski definition) is 6. The maximum atomic E-state index is 7.94. The molecule has 0 aromatic carbocycles. The van der Waals surface area contributed by atoms with Crippen LogP contribution in [0.4, 0.5) is 0 Å². The molecule has 0 aliphatic carbocycles. The van der Waals surface area contributed by atoms with Gasteiger partial charge in [0.1, 0.15) is 0 Å². The summed E-state index contributed by atoms with van der Waals surface area (Å²) < 4.78 is 3.24. The Labute approximate surface area is 141 Å². The first kappa shape index (κ1) is 28.7. The van der Waals surface area contributed by atoms with Gasteiger partial charge < -0.3 is 32.9 Å². The van der Waals surface area contributed by atoms with E-state index in [1.54, 1.807) is 0 Å². The van der Waals surface area contributed by atoms with E-state index < -0.39 is 42.5 Å². The predicted octanol–water partition coefficient (Wildman–Crippen LogP) is -2.78. The minimum Gasteiger partial charge on any atom is -0.368 e. The molecule has 0 saturated carbocycles. The van der Waals surface area contributed by atoms with Crippen LogP contribution in [0, 0.1) is 0 Å². The van der Waals surface area contributed by atoms with Crippen LogP contribution in [-0.4, -0.2) is 71.3 Å². The van der Waals surface area contributed by atoms with E-state index in [9.17, 15) is 0 Å². The topological polar surface area (TPSA) is 131 Å². The van der Waals surface area contributed by atoms with Crippen LogP contribution < -0.4 is 0 Å². The van der Waals surface area contributed by atoms with Gasteiger partial charge in [0.05, 0.1) is 0 Å². The Hall–Kier alpha value is 2.54. The third-order valence-electron chi connectivity index (χ3n) is 0.274. The van der Waals surface area contributed by atoms with Gasteiger partial charge in [-0.25, -0.2) is 0 Å². The van der Waals surface area contributed by atoms with Crippen LogP contribution in [0.25, 0.3) is 0 Å². The van der Waals surface area contributed by atoms with E-state index in [1.807, 2.05) is 0 Å². The third-order valence-corrected chi connectivity index (χ3v) is 2.46. The highest BCUT2D eigenvalue weighted by Crippen LogP contribution is 1.95. The Morgan fingerprint density at radius 2 is 0.667 bits per heavy atom. The average molecular weight is 477 g/mol.